The molecule has 0 spiro atoms. The Hall–Kier alpha value is -1.84. The maximum Gasteiger partial charge on any atom is 0.0991 e. The summed E-state index contributed by atoms with van der Waals surface area (Å²) in [7, 11) is 0. The van der Waals surface area contributed by atoms with Crippen molar-refractivity contribution in [1.29, 1.82) is 10.5 Å². The predicted octanol–water partition coefficient (Wildman–Crippen LogP) is 1.73. The van der Waals surface area contributed by atoms with Crippen LogP contribution in [0, 0.1) is 22.7 Å². The minimum atomic E-state index is 0.1000. The lowest BCUT2D eigenvalue weighted by molar-refractivity contribution is 0.621. The summed E-state index contributed by atoms with van der Waals surface area (Å²) in [5.74, 6) is 0. The number of hydrogen-bond acceptors (Lipinski definition) is 3. The Morgan fingerprint density at radius 3 is 2.86 bits per heavy atom. The van der Waals surface area contributed by atoms with Gasteiger partial charge in [-0.05, 0) is 24.6 Å². The van der Waals surface area contributed by atoms with Gasteiger partial charge in [0.05, 0.1) is 24.2 Å². The second-order valence-corrected chi connectivity index (χ2v) is 3.00. The Bertz CT molecular complexity index is 384. The van der Waals surface area contributed by atoms with Gasteiger partial charge in [0.1, 0.15) is 0 Å². The van der Waals surface area contributed by atoms with Crippen LogP contribution in [0.25, 0.3) is 0 Å². The van der Waals surface area contributed by atoms with Gasteiger partial charge in [-0.1, -0.05) is 12.1 Å². The van der Waals surface area contributed by atoms with Crippen molar-refractivity contribution in [3.8, 4) is 12.1 Å². The molecule has 0 fully saturated rings. The SMILES string of the molecule is CC(NCC#N)c1cccc(C#N)c1. The molecule has 1 N–H and O–H groups in total. The highest BCUT2D eigenvalue weighted by atomic mass is 14.9. The first-order valence-corrected chi connectivity index (χ1v) is 4.38. The van der Waals surface area contributed by atoms with E-state index in [1.54, 1.807) is 6.07 Å². The molecule has 0 saturated heterocycles. The molecule has 70 valence electrons. The molecule has 0 aliphatic heterocycles. The Kier molecular flexibility index (Phi) is 3.67. The first kappa shape index (κ1) is 10.2. The molecule has 1 unspecified atom stereocenters. The lowest BCUT2D eigenvalue weighted by Crippen LogP contribution is -2.18. The molecule has 14 heavy (non-hydrogen) atoms. The van der Waals surface area contributed by atoms with E-state index in [2.05, 4.69) is 11.4 Å². The zero-order chi connectivity index (χ0) is 10.4. The van der Waals surface area contributed by atoms with Crippen molar-refractivity contribution >= 4 is 0 Å². The number of benzene rings is 1. The maximum atomic E-state index is 8.70. The fraction of sp³-hybridized carbons (Fsp3) is 0.273. The fourth-order valence-electron chi connectivity index (χ4n) is 1.19. The zero-order valence-corrected chi connectivity index (χ0v) is 7.99. The van der Waals surface area contributed by atoms with Crippen LogP contribution in [0.4, 0.5) is 0 Å². The van der Waals surface area contributed by atoms with E-state index in [4.69, 9.17) is 10.5 Å². The lowest BCUT2D eigenvalue weighted by atomic mass is 10.1. The molecule has 0 amide bonds. The van der Waals surface area contributed by atoms with Crippen LogP contribution in [0.5, 0.6) is 0 Å². The van der Waals surface area contributed by atoms with Crippen molar-refractivity contribution < 1.29 is 0 Å². The number of nitriles is 2. The smallest absolute Gasteiger partial charge is 0.0991 e. The molecule has 0 saturated carbocycles. The molecular weight excluding hydrogens is 174 g/mol. The third-order valence-electron chi connectivity index (χ3n) is 2.00. The van der Waals surface area contributed by atoms with Gasteiger partial charge in [0, 0.05) is 6.04 Å². The summed E-state index contributed by atoms with van der Waals surface area (Å²) < 4.78 is 0. The molecule has 1 atom stereocenters. The molecule has 0 heterocycles. The minimum absolute atomic E-state index is 0.1000. The van der Waals surface area contributed by atoms with Gasteiger partial charge in [-0.3, -0.25) is 5.32 Å². The van der Waals surface area contributed by atoms with E-state index in [9.17, 15) is 0 Å². The second kappa shape index (κ2) is 5.01. The first-order chi connectivity index (χ1) is 6.77. The Morgan fingerprint density at radius 1 is 1.43 bits per heavy atom. The van der Waals surface area contributed by atoms with Crippen LogP contribution in [-0.4, -0.2) is 6.54 Å². The second-order valence-electron chi connectivity index (χ2n) is 3.00. The number of rotatable bonds is 3. The molecule has 3 nitrogen and oxygen atoms in total. The van der Waals surface area contributed by atoms with Gasteiger partial charge >= 0.3 is 0 Å². The third-order valence-corrected chi connectivity index (χ3v) is 2.00. The normalized spacial score (nSPS) is 11.4. The van der Waals surface area contributed by atoms with Crippen molar-refractivity contribution in [2.75, 3.05) is 6.54 Å². The molecule has 0 aliphatic rings. The highest BCUT2D eigenvalue weighted by Gasteiger charge is 2.03. The third kappa shape index (κ3) is 2.58. The van der Waals surface area contributed by atoms with Crippen LogP contribution >= 0.6 is 0 Å². The van der Waals surface area contributed by atoms with E-state index in [1.807, 2.05) is 31.2 Å². The monoisotopic (exact) mass is 185 g/mol. The van der Waals surface area contributed by atoms with Crippen molar-refractivity contribution in [1.82, 2.24) is 5.32 Å². The van der Waals surface area contributed by atoms with Crippen LogP contribution in [0.1, 0.15) is 24.1 Å². The summed E-state index contributed by atoms with van der Waals surface area (Å²) in [6.07, 6.45) is 0. The van der Waals surface area contributed by atoms with E-state index in [0.717, 1.165) is 5.56 Å². The molecule has 0 radical (unpaired) electrons. The highest BCUT2D eigenvalue weighted by molar-refractivity contribution is 5.34. The number of nitrogens with zero attached hydrogens (tertiary/aromatic N) is 2. The number of nitrogens with one attached hydrogen (secondary N) is 1. The molecule has 0 bridgehead atoms. The van der Waals surface area contributed by atoms with E-state index in [0.29, 0.717) is 12.1 Å². The quantitative estimate of drug-likeness (QED) is 0.729. The lowest BCUT2D eigenvalue weighted by Gasteiger charge is -2.11. The van der Waals surface area contributed by atoms with Crippen LogP contribution in [-0.2, 0) is 0 Å². The fourth-order valence-corrected chi connectivity index (χ4v) is 1.19. The van der Waals surface area contributed by atoms with Gasteiger partial charge in [-0.15, -0.1) is 0 Å². The van der Waals surface area contributed by atoms with Crippen LogP contribution in [0.15, 0.2) is 24.3 Å². The van der Waals surface area contributed by atoms with Crippen molar-refractivity contribution in [3.63, 3.8) is 0 Å². The van der Waals surface area contributed by atoms with Crippen molar-refractivity contribution in [2.24, 2.45) is 0 Å². The zero-order valence-electron chi connectivity index (χ0n) is 7.99. The molecular formula is C11H11N3. The van der Waals surface area contributed by atoms with E-state index in [1.165, 1.54) is 0 Å². The summed E-state index contributed by atoms with van der Waals surface area (Å²) in [5, 5.41) is 20.1. The Balaban J connectivity index is 2.76. The van der Waals surface area contributed by atoms with E-state index in [-0.39, 0.29) is 6.04 Å². The van der Waals surface area contributed by atoms with Crippen LogP contribution < -0.4 is 5.32 Å². The molecule has 0 aliphatic carbocycles. The van der Waals surface area contributed by atoms with Crippen LogP contribution in [0.3, 0.4) is 0 Å². The first-order valence-electron chi connectivity index (χ1n) is 4.38. The standard InChI is InChI=1S/C11H11N3/c1-9(14-6-5-12)11-4-2-3-10(7-11)8-13/h2-4,7,9,14H,6H2,1H3. The van der Waals surface area contributed by atoms with E-state index < -0.39 is 0 Å². The highest BCUT2D eigenvalue weighted by Crippen LogP contribution is 2.13. The van der Waals surface area contributed by atoms with Gasteiger partial charge in [-0.25, -0.2) is 0 Å². The molecule has 0 aromatic heterocycles. The van der Waals surface area contributed by atoms with Gasteiger partial charge in [0.25, 0.3) is 0 Å². The van der Waals surface area contributed by atoms with Crippen LogP contribution in [0.2, 0.25) is 0 Å². The number of hydrogen-bond donors (Lipinski definition) is 1. The average Bonchev–Trinajstić information content (AvgIpc) is 2.26. The average molecular weight is 185 g/mol. The largest absolute Gasteiger partial charge is 0.298 e. The molecule has 1 aromatic carbocycles. The van der Waals surface area contributed by atoms with E-state index >= 15 is 0 Å². The maximum absolute atomic E-state index is 8.70. The summed E-state index contributed by atoms with van der Waals surface area (Å²) in [4.78, 5) is 0. The minimum Gasteiger partial charge on any atom is -0.298 e. The topological polar surface area (TPSA) is 59.6 Å². The predicted molar refractivity (Wildman–Crippen MR) is 53.2 cm³/mol. The molecule has 3 heteroatoms. The van der Waals surface area contributed by atoms with Gasteiger partial charge in [0.15, 0.2) is 0 Å². The Labute approximate surface area is 83.6 Å². The van der Waals surface area contributed by atoms with Gasteiger partial charge in [0.2, 0.25) is 0 Å². The summed E-state index contributed by atoms with van der Waals surface area (Å²) in [6.45, 7) is 2.28. The van der Waals surface area contributed by atoms with Gasteiger partial charge < -0.3 is 0 Å². The van der Waals surface area contributed by atoms with Crippen molar-refractivity contribution in [3.05, 3.63) is 35.4 Å². The molecule has 1 rings (SSSR count). The summed E-state index contributed by atoms with van der Waals surface area (Å²) in [6, 6.07) is 11.6. The Morgan fingerprint density at radius 2 is 2.21 bits per heavy atom. The van der Waals surface area contributed by atoms with Gasteiger partial charge in [-0.2, -0.15) is 10.5 Å². The summed E-state index contributed by atoms with van der Waals surface area (Å²) in [5.41, 5.74) is 1.67. The van der Waals surface area contributed by atoms with Crippen molar-refractivity contribution in [2.45, 2.75) is 13.0 Å². The summed E-state index contributed by atoms with van der Waals surface area (Å²) >= 11 is 0. The molecule has 1 aromatic rings.